The first-order chi connectivity index (χ1) is 9.97. The van der Waals surface area contributed by atoms with Crippen molar-refractivity contribution in [2.45, 2.75) is 12.5 Å². The molecule has 0 radical (unpaired) electrons. The molecule has 1 aromatic carbocycles. The maximum absolute atomic E-state index is 12.2. The number of benzene rings is 1. The van der Waals surface area contributed by atoms with Crippen LogP contribution in [0.25, 0.3) is 0 Å². The minimum Gasteiger partial charge on any atom is -0.480 e. The summed E-state index contributed by atoms with van der Waals surface area (Å²) >= 11 is 6.55. The van der Waals surface area contributed by atoms with Crippen molar-refractivity contribution < 1.29 is 14.7 Å². The summed E-state index contributed by atoms with van der Waals surface area (Å²) in [6, 6.07) is 4.07. The number of aromatic nitrogens is 2. The Morgan fingerprint density at radius 2 is 2.14 bits per heavy atom. The highest BCUT2D eigenvalue weighted by molar-refractivity contribution is 9.11. The van der Waals surface area contributed by atoms with Crippen LogP contribution in [0, 0.1) is 0 Å². The highest BCUT2D eigenvalue weighted by Crippen LogP contribution is 2.21. The van der Waals surface area contributed by atoms with E-state index in [4.69, 9.17) is 0 Å². The van der Waals surface area contributed by atoms with Crippen molar-refractivity contribution in [1.82, 2.24) is 15.3 Å². The quantitative estimate of drug-likeness (QED) is 0.697. The number of carboxylic acid groups (broad SMARTS) is 1. The number of carbonyl (C=O) groups is 2. The first-order valence-electron chi connectivity index (χ1n) is 5.93. The van der Waals surface area contributed by atoms with Gasteiger partial charge in [-0.05, 0) is 34.1 Å². The molecule has 2 aromatic rings. The van der Waals surface area contributed by atoms with E-state index >= 15 is 0 Å². The minimum absolute atomic E-state index is 0.132. The number of hydrogen-bond acceptors (Lipinski definition) is 3. The molecular weight excluding hydrogens is 406 g/mol. The molecule has 6 nitrogen and oxygen atoms in total. The minimum atomic E-state index is -1.11. The van der Waals surface area contributed by atoms with Gasteiger partial charge in [0, 0.05) is 27.3 Å². The first kappa shape index (κ1) is 15.7. The summed E-state index contributed by atoms with van der Waals surface area (Å²) in [6.07, 6.45) is 3.12. The second-order valence-electron chi connectivity index (χ2n) is 4.27. The van der Waals surface area contributed by atoms with Gasteiger partial charge in [0.25, 0.3) is 5.91 Å². The van der Waals surface area contributed by atoms with Crippen LogP contribution in [-0.4, -0.2) is 33.0 Å². The van der Waals surface area contributed by atoms with E-state index in [1.807, 2.05) is 0 Å². The van der Waals surface area contributed by atoms with Crippen LogP contribution in [0.1, 0.15) is 16.1 Å². The Hall–Kier alpha value is -1.67. The molecule has 1 atom stereocenters. The predicted octanol–water partition coefficient (Wildman–Crippen LogP) is 2.36. The zero-order valence-electron chi connectivity index (χ0n) is 10.6. The Balaban J connectivity index is 2.14. The number of amides is 1. The average Bonchev–Trinajstić information content (AvgIpc) is 2.93. The monoisotopic (exact) mass is 415 g/mol. The lowest BCUT2D eigenvalue weighted by molar-refractivity contribution is -0.139. The zero-order valence-corrected chi connectivity index (χ0v) is 13.8. The molecule has 1 amide bonds. The Labute approximate surface area is 137 Å². The molecule has 0 spiro atoms. The van der Waals surface area contributed by atoms with Crippen LogP contribution in [0.3, 0.4) is 0 Å². The molecule has 0 fully saturated rings. The lowest BCUT2D eigenvalue weighted by atomic mass is 10.1. The zero-order chi connectivity index (χ0) is 15.4. The third kappa shape index (κ3) is 4.15. The number of carboxylic acids is 1. The smallest absolute Gasteiger partial charge is 0.326 e. The van der Waals surface area contributed by atoms with Crippen molar-refractivity contribution in [2.24, 2.45) is 0 Å². The Bertz CT molecular complexity index is 659. The summed E-state index contributed by atoms with van der Waals surface area (Å²) in [5.74, 6) is -1.57. The fourth-order valence-corrected chi connectivity index (χ4v) is 2.51. The van der Waals surface area contributed by atoms with Crippen molar-refractivity contribution in [3.8, 4) is 0 Å². The van der Waals surface area contributed by atoms with Gasteiger partial charge in [0.05, 0.1) is 11.9 Å². The number of carbonyl (C=O) groups excluding carboxylic acids is 1. The van der Waals surface area contributed by atoms with Gasteiger partial charge < -0.3 is 15.4 Å². The topological polar surface area (TPSA) is 95.1 Å². The van der Waals surface area contributed by atoms with E-state index in [9.17, 15) is 14.7 Å². The van der Waals surface area contributed by atoms with Gasteiger partial charge in [0.2, 0.25) is 0 Å². The highest BCUT2D eigenvalue weighted by Gasteiger charge is 2.22. The maximum Gasteiger partial charge on any atom is 0.326 e. The average molecular weight is 417 g/mol. The number of aromatic amines is 1. The molecule has 1 heterocycles. The molecule has 0 saturated carbocycles. The SMILES string of the molecule is O=C(NC(Cc1cnc[nH]1)C(=O)O)c1cc(Br)ccc1Br. The molecule has 2 rings (SSSR count). The van der Waals surface area contributed by atoms with Crippen molar-refractivity contribution in [2.75, 3.05) is 0 Å². The van der Waals surface area contributed by atoms with E-state index in [1.54, 1.807) is 18.2 Å². The number of aliphatic carboxylic acids is 1. The molecule has 8 heteroatoms. The number of nitrogens with one attached hydrogen (secondary N) is 2. The molecule has 1 unspecified atom stereocenters. The molecular formula is C13H11Br2N3O3. The van der Waals surface area contributed by atoms with Crippen molar-refractivity contribution in [1.29, 1.82) is 0 Å². The molecule has 3 N–H and O–H groups in total. The molecule has 0 aliphatic heterocycles. The van der Waals surface area contributed by atoms with E-state index in [0.29, 0.717) is 15.7 Å². The standard InChI is InChI=1S/C13H11Br2N3O3/c14-7-1-2-10(15)9(3-7)12(19)18-11(13(20)21)4-8-5-16-6-17-8/h1-3,5-6,11H,4H2,(H,16,17)(H,18,19)(H,20,21). The van der Waals surface area contributed by atoms with Gasteiger partial charge in [-0.15, -0.1) is 0 Å². The number of nitrogens with zero attached hydrogens (tertiary/aromatic N) is 1. The van der Waals surface area contributed by atoms with E-state index in [1.165, 1.54) is 12.5 Å². The molecule has 0 saturated heterocycles. The lowest BCUT2D eigenvalue weighted by Crippen LogP contribution is -2.42. The lowest BCUT2D eigenvalue weighted by Gasteiger charge is -2.14. The third-order valence-corrected chi connectivity index (χ3v) is 3.94. The number of halogens is 2. The van der Waals surface area contributed by atoms with Crippen LogP contribution in [-0.2, 0) is 11.2 Å². The summed E-state index contributed by atoms with van der Waals surface area (Å²) in [5.41, 5.74) is 0.997. The molecule has 0 bridgehead atoms. The maximum atomic E-state index is 12.2. The van der Waals surface area contributed by atoms with Crippen LogP contribution in [0.5, 0.6) is 0 Å². The second kappa shape index (κ2) is 6.86. The van der Waals surface area contributed by atoms with Crippen LogP contribution in [0.2, 0.25) is 0 Å². The van der Waals surface area contributed by atoms with Crippen molar-refractivity contribution >= 4 is 43.7 Å². The molecule has 21 heavy (non-hydrogen) atoms. The number of hydrogen-bond donors (Lipinski definition) is 3. The Kier molecular flexibility index (Phi) is 5.13. The van der Waals surface area contributed by atoms with Crippen molar-refractivity contribution in [3.63, 3.8) is 0 Å². The normalized spacial score (nSPS) is 11.9. The molecule has 0 aliphatic rings. The van der Waals surface area contributed by atoms with Gasteiger partial charge in [0.1, 0.15) is 6.04 Å². The number of imidazole rings is 1. The summed E-state index contributed by atoms with van der Waals surface area (Å²) in [5, 5.41) is 11.7. The van der Waals surface area contributed by atoms with Crippen molar-refractivity contribution in [3.05, 3.63) is 50.9 Å². The van der Waals surface area contributed by atoms with Gasteiger partial charge in [-0.25, -0.2) is 9.78 Å². The third-order valence-electron chi connectivity index (χ3n) is 2.76. The van der Waals surface area contributed by atoms with Gasteiger partial charge in [-0.3, -0.25) is 4.79 Å². The first-order valence-corrected chi connectivity index (χ1v) is 7.52. The predicted molar refractivity (Wildman–Crippen MR) is 83.0 cm³/mol. The van der Waals surface area contributed by atoms with Gasteiger partial charge in [0.15, 0.2) is 0 Å². The molecule has 110 valence electrons. The summed E-state index contributed by atoms with van der Waals surface area (Å²) in [7, 11) is 0. The Morgan fingerprint density at radius 3 is 2.76 bits per heavy atom. The van der Waals surface area contributed by atoms with Gasteiger partial charge in [-0.2, -0.15) is 0 Å². The fraction of sp³-hybridized carbons (Fsp3) is 0.154. The van der Waals surface area contributed by atoms with E-state index in [-0.39, 0.29) is 6.42 Å². The van der Waals surface area contributed by atoms with Crippen LogP contribution >= 0.6 is 31.9 Å². The number of rotatable bonds is 5. The van der Waals surface area contributed by atoms with E-state index in [0.717, 1.165) is 4.47 Å². The molecule has 0 aliphatic carbocycles. The second-order valence-corrected chi connectivity index (χ2v) is 6.04. The van der Waals surface area contributed by atoms with Crippen LogP contribution < -0.4 is 5.32 Å². The van der Waals surface area contributed by atoms with Gasteiger partial charge >= 0.3 is 5.97 Å². The van der Waals surface area contributed by atoms with E-state index in [2.05, 4.69) is 47.1 Å². The van der Waals surface area contributed by atoms with Crippen LogP contribution in [0.4, 0.5) is 0 Å². The van der Waals surface area contributed by atoms with Gasteiger partial charge in [-0.1, -0.05) is 15.9 Å². The fourth-order valence-electron chi connectivity index (χ4n) is 1.72. The van der Waals surface area contributed by atoms with E-state index < -0.39 is 17.9 Å². The summed E-state index contributed by atoms with van der Waals surface area (Å²) in [4.78, 5) is 30.1. The summed E-state index contributed by atoms with van der Waals surface area (Å²) in [6.45, 7) is 0. The van der Waals surface area contributed by atoms with Crippen LogP contribution in [0.15, 0.2) is 39.7 Å². The summed E-state index contributed by atoms with van der Waals surface area (Å²) < 4.78 is 1.32. The largest absolute Gasteiger partial charge is 0.480 e. The molecule has 1 aromatic heterocycles. The highest BCUT2D eigenvalue weighted by atomic mass is 79.9. The number of H-pyrrole nitrogens is 1. The Morgan fingerprint density at radius 1 is 1.38 bits per heavy atom.